The Bertz CT molecular complexity index is 980. The Morgan fingerprint density at radius 1 is 1.37 bits per heavy atom. The summed E-state index contributed by atoms with van der Waals surface area (Å²) in [6.45, 7) is 2.24. The molecule has 0 saturated heterocycles. The highest BCUT2D eigenvalue weighted by molar-refractivity contribution is 6.07. The van der Waals surface area contributed by atoms with Gasteiger partial charge in [-0.05, 0) is 56.0 Å². The van der Waals surface area contributed by atoms with Crippen LogP contribution in [0.2, 0.25) is 0 Å². The largest absolute Gasteiger partial charge is 0.383 e. The lowest BCUT2D eigenvalue weighted by molar-refractivity contribution is 0.0885. The van der Waals surface area contributed by atoms with Crippen LogP contribution >= 0.6 is 0 Å². The number of amides is 1. The minimum absolute atomic E-state index is 0.0276. The number of hydrogen-bond donors (Lipinski definition) is 1. The average molecular weight is 369 g/mol. The topological polar surface area (TPSA) is 77.2 Å². The van der Waals surface area contributed by atoms with E-state index in [9.17, 15) is 9.18 Å². The van der Waals surface area contributed by atoms with Gasteiger partial charge in [-0.2, -0.15) is 0 Å². The van der Waals surface area contributed by atoms with Gasteiger partial charge in [-0.1, -0.05) is 5.16 Å². The molecule has 27 heavy (non-hydrogen) atoms. The Hall–Kier alpha value is -2.80. The second-order valence-electron chi connectivity index (χ2n) is 6.88. The molecule has 3 aromatic rings. The lowest BCUT2D eigenvalue weighted by Crippen LogP contribution is -2.39. The summed E-state index contributed by atoms with van der Waals surface area (Å²) in [5, 5.41) is 7.61. The first-order valence-electron chi connectivity index (χ1n) is 8.89. The SMILES string of the molecule is COCC(NC(=O)c1cc(-c2ccc(F)cc2)nc2onc(C)c12)C1CC1. The van der Waals surface area contributed by atoms with Gasteiger partial charge in [-0.3, -0.25) is 4.79 Å². The number of nitrogens with zero attached hydrogens (tertiary/aromatic N) is 2. The maximum absolute atomic E-state index is 13.2. The van der Waals surface area contributed by atoms with Crippen molar-refractivity contribution < 1.29 is 18.4 Å². The molecular weight excluding hydrogens is 349 g/mol. The van der Waals surface area contributed by atoms with Crippen molar-refractivity contribution in [3.8, 4) is 11.3 Å². The van der Waals surface area contributed by atoms with Gasteiger partial charge in [0.25, 0.3) is 11.6 Å². The summed E-state index contributed by atoms with van der Waals surface area (Å²) in [7, 11) is 1.63. The van der Waals surface area contributed by atoms with Crippen LogP contribution in [0.15, 0.2) is 34.9 Å². The number of carbonyl (C=O) groups is 1. The van der Waals surface area contributed by atoms with Gasteiger partial charge >= 0.3 is 0 Å². The van der Waals surface area contributed by atoms with Crippen molar-refractivity contribution in [2.75, 3.05) is 13.7 Å². The van der Waals surface area contributed by atoms with E-state index in [0.29, 0.717) is 40.4 Å². The molecule has 140 valence electrons. The summed E-state index contributed by atoms with van der Waals surface area (Å²) in [6, 6.07) is 7.62. The molecule has 7 heteroatoms. The van der Waals surface area contributed by atoms with Crippen molar-refractivity contribution in [2.24, 2.45) is 5.92 Å². The quantitative estimate of drug-likeness (QED) is 0.720. The number of hydrogen-bond acceptors (Lipinski definition) is 5. The van der Waals surface area contributed by atoms with Gasteiger partial charge in [0.1, 0.15) is 5.82 Å². The van der Waals surface area contributed by atoms with E-state index in [0.717, 1.165) is 12.8 Å². The number of pyridine rings is 1. The Labute approximate surface area is 155 Å². The van der Waals surface area contributed by atoms with Gasteiger partial charge in [0.05, 0.1) is 35.0 Å². The van der Waals surface area contributed by atoms with E-state index in [1.54, 1.807) is 32.2 Å². The van der Waals surface area contributed by atoms with Crippen molar-refractivity contribution in [3.63, 3.8) is 0 Å². The molecule has 1 atom stereocenters. The summed E-state index contributed by atoms with van der Waals surface area (Å²) >= 11 is 0. The smallest absolute Gasteiger partial charge is 0.259 e. The van der Waals surface area contributed by atoms with E-state index in [1.807, 2.05) is 0 Å². The third-order valence-electron chi connectivity index (χ3n) is 4.86. The van der Waals surface area contributed by atoms with E-state index in [4.69, 9.17) is 9.26 Å². The second kappa shape index (κ2) is 7.08. The highest BCUT2D eigenvalue weighted by Gasteiger charge is 2.33. The normalized spacial score (nSPS) is 15.1. The maximum atomic E-state index is 13.2. The summed E-state index contributed by atoms with van der Waals surface area (Å²) in [5.41, 5.74) is 2.55. The van der Waals surface area contributed by atoms with Crippen molar-refractivity contribution >= 4 is 17.0 Å². The minimum Gasteiger partial charge on any atom is -0.383 e. The molecule has 0 radical (unpaired) electrons. The third-order valence-corrected chi connectivity index (χ3v) is 4.86. The summed E-state index contributed by atoms with van der Waals surface area (Å²) < 4.78 is 23.8. The molecule has 6 nitrogen and oxygen atoms in total. The van der Waals surface area contributed by atoms with E-state index < -0.39 is 0 Å². The molecule has 0 spiro atoms. The number of halogens is 1. The van der Waals surface area contributed by atoms with Crippen LogP contribution in [-0.4, -0.2) is 35.8 Å². The minimum atomic E-state index is -0.333. The molecule has 1 aliphatic rings. The van der Waals surface area contributed by atoms with Crippen LogP contribution in [-0.2, 0) is 4.74 Å². The Balaban J connectivity index is 1.74. The van der Waals surface area contributed by atoms with Gasteiger partial charge in [-0.15, -0.1) is 0 Å². The Morgan fingerprint density at radius 3 is 2.78 bits per heavy atom. The van der Waals surface area contributed by atoms with E-state index >= 15 is 0 Å². The molecule has 0 aliphatic heterocycles. The van der Waals surface area contributed by atoms with Gasteiger partial charge in [0, 0.05) is 12.7 Å². The number of ether oxygens (including phenoxy) is 1. The van der Waals surface area contributed by atoms with Crippen LogP contribution in [0.25, 0.3) is 22.4 Å². The second-order valence-corrected chi connectivity index (χ2v) is 6.88. The molecule has 0 bridgehead atoms. The Morgan fingerprint density at radius 2 is 2.11 bits per heavy atom. The standard InChI is InChI=1S/C20H20FN3O3/c1-11-18-15(19(25)22-17(10-26-2)13-3-4-13)9-16(23-20(18)27-24-11)12-5-7-14(21)8-6-12/h5-9,13,17H,3-4,10H2,1-2H3,(H,22,25). The molecule has 1 unspecified atom stereocenters. The van der Waals surface area contributed by atoms with Crippen LogP contribution in [0.1, 0.15) is 28.9 Å². The lowest BCUT2D eigenvalue weighted by Gasteiger charge is -2.17. The van der Waals surface area contributed by atoms with E-state index in [1.165, 1.54) is 12.1 Å². The average Bonchev–Trinajstić information content (AvgIpc) is 3.45. The third kappa shape index (κ3) is 3.55. The zero-order valence-corrected chi connectivity index (χ0v) is 15.2. The van der Waals surface area contributed by atoms with Crippen molar-refractivity contribution in [3.05, 3.63) is 47.4 Å². The Kier molecular flexibility index (Phi) is 4.61. The fraction of sp³-hybridized carbons (Fsp3) is 0.350. The number of nitrogens with one attached hydrogen (secondary N) is 1. The maximum Gasteiger partial charge on any atom is 0.259 e. The zero-order valence-electron chi connectivity index (χ0n) is 15.2. The monoisotopic (exact) mass is 369 g/mol. The van der Waals surface area contributed by atoms with Crippen LogP contribution < -0.4 is 5.32 Å². The number of rotatable bonds is 6. The van der Waals surface area contributed by atoms with E-state index in [-0.39, 0.29) is 23.5 Å². The van der Waals surface area contributed by atoms with Gasteiger partial charge in [0.15, 0.2) is 0 Å². The molecule has 2 heterocycles. The lowest BCUT2D eigenvalue weighted by atomic mass is 10.0. The molecule has 1 N–H and O–H groups in total. The molecule has 1 amide bonds. The predicted molar refractivity (Wildman–Crippen MR) is 97.8 cm³/mol. The van der Waals surface area contributed by atoms with Gasteiger partial charge in [0.2, 0.25) is 0 Å². The molecular formula is C20H20FN3O3. The summed E-state index contributed by atoms with van der Waals surface area (Å²) in [6.07, 6.45) is 2.18. The van der Waals surface area contributed by atoms with Crippen LogP contribution in [0.5, 0.6) is 0 Å². The molecule has 1 fully saturated rings. The number of benzene rings is 1. The summed E-state index contributed by atoms with van der Waals surface area (Å²) in [5.74, 6) is -0.0995. The molecule has 1 aliphatic carbocycles. The highest BCUT2D eigenvalue weighted by atomic mass is 19.1. The van der Waals surface area contributed by atoms with Crippen LogP contribution in [0, 0.1) is 18.7 Å². The summed E-state index contributed by atoms with van der Waals surface area (Å²) in [4.78, 5) is 17.5. The number of aromatic nitrogens is 2. The van der Waals surface area contributed by atoms with Crippen molar-refractivity contribution in [1.82, 2.24) is 15.5 Å². The van der Waals surface area contributed by atoms with Crippen LogP contribution in [0.4, 0.5) is 4.39 Å². The number of methoxy groups -OCH3 is 1. The number of carbonyl (C=O) groups excluding carboxylic acids is 1. The van der Waals surface area contributed by atoms with Gasteiger partial charge < -0.3 is 14.6 Å². The van der Waals surface area contributed by atoms with Crippen molar-refractivity contribution in [1.29, 1.82) is 0 Å². The highest BCUT2D eigenvalue weighted by Crippen LogP contribution is 2.33. The first-order chi connectivity index (χ1) is 13.1. The van der Waals surface area contributed by atoms with Crippen LogP contribution in [0.3, 0.4) is 0 Å². The molecule has 4 rings (SSSR count). The van der Waals surface area contributed by atoms with Gasteiger partial charge in [-0.25, -0.2) is 9.37 Å². The number of aryl methyl sites for hydroxylation is 1. The molecule has 1 saturated carbocycles. The fourth-order valence-corrected chi connectivity index (χ4v) is 3.26. The first-order valence-corrected chi connectivity index (χ1v) is 8.89. The van der Waals surface area contributed by atoms with Crippen molar-refractivity contribution in [2.45, 2.75) is 25.8 Å². The molecule has 2 aromatic heterocycles. The fourth-order valence-electron chi connectivity index (χ4n) is 3.26. The molecule has 1 aromatic carbocycles. The number of fused-ring (bicyclic) bond motifs is 1. The zero-order chi connectivity index (χ0) is 19.0. The van der Waals surface area contributed by atoms with E-state index in [2.05, 4.69) is 15.5 Å². The first kappa shape index (κ1) is 17.6. The predicted octanol–water partition coefficient (Wildman–Crippen LogP) is 3.49.